The van der Waals surface area contributed by atoms with Crippen LogP contribution in [0.2, 0.25) is 0 Å². The van der Waals surface area contributed by atoms with E-state index in [0.29, 0.717) is 25.0 Å². The molecule has 4 nitrogen and oxygen atoms in total. The van der Waals surface area contributed by atoms with Gasteiger partial charge in [-0.3, -0.25) is 0 Å². The molecule has 2 aliphatic rings. The van der Waals surface area contributed by atoms with Gasteiger partial charge in [0.05, 0.1) is 12.7 Å². The summed E-state index contributed by atoms with van der Waals surface area (Å²) in [5.74, 6) is 0.467. The SMILES string of the molecule is CC(C)c1cccc(C(C)C)c1/C=C/c1ccc(CCCOC[C@@H]2O[C@H](C)[C@@H]3OC(C)(C)OC23)cc1. The molecule has 2 heterocycles. The molecule has 4 atom stereocenters. The molecule has 1 unspecified atom stereocenters. The van der Waals surface area contributed by atoms with Crippen molar-refractivity contribution in [1.82, 2.24) is 0 Å². The van der Waals surface area contributed by atoms with E-state index in [0.717, 1.165) is 12.8 Å². The zero-order chi connectivity index (χ0) is 25.9. The Kier molecular flexibility index (Phi) is 8.72. The van der Waals surface area contributed by atoms with Gasteiger partial charge < -0.3 is 18.9 Å². The largest absolute Gasteiger partial charge is 0.379 e. The van der Waals surface area contributed by atoms with Crippen LogP contribution in [0.15, 0.2) is 42.5 Å². The molecule has 2 aromatic carbocycles. The van der Waals surface area contributed by atoms with Gasteiger partial charge in [0, 0.05) is 6.61 Å². The second-order valence-electron chi connectivity index (χ2n) is 11.4. The lowest BCUT2D eigenvalue weighted by Gasteiger charge is -2.23. The van der Waals surface area contributed by atoms with Crippen LogP contribution in [-0.2, 0) is 25.4 Å². The van der Waals surface area contributed by atoms with Crippen molar-refractivity contribution in [3.05, 3.63) is 70.3 Å². The minimum absolute atomic E-state index is 0.00280. The van der Waals surface area contributed by atoms with Gasteiger partial charge in [0.1, 0.15) is 18.3 Å². The van der Waals surface area contributed by atoms with Crippen LogP contribution in [0.4, 0.5) is 0 Å². The van der Waals surface area contributed by atoms with Gasteiger partial charge in [-0.2, -0.15) is 0 Å². The number of ether oxygens (including phenoxy) is 4. The molecule has 4 heteroatoms. The predicted molar refractivity (Wildman–Crippen MR) is 147 cm³/mol. The summed E-state index contributed by atoms with van der Waals surface area (Å²) in [7, 11) is 0. The molecule has 0 radical (unpaired) electrons. The molecule has 0 bridgehead atoms. The van der Waals surface area contributed by atoms with Crippen LogP contribution in [0.1, 0.15) is 94.5 Å². The van der Waals surface area contributed by atoms with E-state index in [-0.39, 0.29) is 24.4 Å². The molecule has 36 heavy (non-hydrogen) atoms. The summed E-state index contributed by atoms with van der Waals surface area (Å²) in [6, 6.07) is 15.6. The number of benzene rings is 2. The number of aryl methyl sites for hydroxylation is 1. The molecule has 0 spiro atoms. The first kappa shape index (κ1) is 27.1. The molecular formula is C32H44O4. The van der Waals surface area contributed by atoms with E-state index < -0.39 is 5.79 Å². The van der Waals surface area contributed by atoms with Crippen molar-refractivity contribution in [3.8, 4) is 0 Å². The monoisotopic (exact) mass is 492 g/mol. The summed E-state index contributed by atoms with van der Waals surface area (Å²) in [5.41, 5.74) is 6.76. The Morgan fingerprint density at radius 2 is 1.53 bits per heavy atom. The molecule has 0 saturated carbocycles. The van der Waals surface area contributed by atoms with Crippen molar-refractivity contribution in [3.63, 3.8) is 0 Å². The Bertz CT molecular complexity index is 995. The Labute approximate surface area is 218 Å². The van der Waals surface area contributed by atoms with Crippen LogP contribution in [0.5, 0.6) is 0 Å². The molecule has 0 aliphatic carbocycles. The standard InChI is InChI=1S/C32H44O4/c1-21(2)26-11-8-12-27(22(3)4)28(26)18-17-25-15-13-24(14-16-25)10-9-19-33-20-29-31-30(23(5)34-29)35-32(6,7)36-31/h8,11-18,21-23,29-31H,9-10,19-20H2,1-7H3/b18-17+/t23-,29+,30+,31?/m1/s1. The van der Waals surface area contributed by atoms with Crippen LogP contribution in [0.3, 0.4) is 0 Å². The highest BCUT2D eigenvalue weighted by atomic mass is 16.8. The Hall–Kier alpha value is -1.98. The lowest BCUT2D eigenvalue weighted by atomic mass is 9.88. The first-order valence-electron chi connectivity index (χ1n) is 13.6. The summed E-state index contributed by atoms with van der Waals surface area (Å²) in [5, 5.41) is 0. The highest BCUT2D eigenvalue weighted by Gasteiger charge is 2.53. The fraction of sp³-hybridized carbons (Fsp3) is 0.562. The minimum atomic E-state index is -0.540. The van der Waals surface area contributed by atoms with Gasteiger partial charge in [-0.15, -0.1) is 0 Å². The Balaban J connectivity index is 1.25. The van der Waals surface area contributed by atoms with Crippen LogP contribution < -0.4 is 0 Å². The average Bonchev–Trinajstić information content (AvgIpc) is 3.30. The van der Waals surface area contributed by atoms with E-state index >= 15 is 0 Å². The molecule has 2 aromatic rings. The highest BCUT2D eigenvalue weighted by Crippen LogP contribution is 2.38. The van der Waals surface area contributed by atoms with E-state index in [1.165, 1.54) is 27.8 Å². The van der Waals surface area contributed by atoms with E-state index in [2.05, 4.69) is 82.3 Å². The van der Waals surface area contributed by atoms with E-state index in [9.17, 15) is 0 Å². The van der Waals surface area contributed by atoms with Crippen molar-refractivity contribution in [2.45, 2.75) is 103 Å². The van der Waals surface area contributed by atoms with E-state index in [1.807, 2.05) is 20.8 Å². The summed E-state index contributed by atoms with van der Waals surface area (Å²) in [6.07, 6.45) is 6.45. The molecular weight excluding hydrogens is 448 g/mol. The molecule has 2 saturated heterocycles. The van der Waals surface area contributed by atoms with Gasteiger partial charge in [0.15, 0.2) is 5.79 Å². The fourth-order valence-electron chi connectivity index (χ4n) is 5.39. The maximum atomic E-state index is 6.04. The lowest BCUT2D eigenvalue weighted by molar-refractivity contribution is -0.190. The quantitative estimate of drug-likeness (QED) is 0.256. The summed E-state index contributed by atoms with van der Waals surface area (Å²) in [4.78, 5) is 0. The number of hydrogen-bond donors (Lipinski definition) is 0. The lowest BCUT2D eigenvalue weighted by Crippen LogP contribution is -2.33. The highest BCUT2D eigenvalue weighted by molar-refractivity contribution is 5.73. The van der Waals surface area contributed by atoms with Crippen molar-refractivity contribution < 1.29 is 18.9 Å². The first-order valence-corrected chi connectivity index (χ1v) is 13.6. The normalized spacial score (nSPS) is 25.4. The van der Waals surface area contributed by atoms with Gasteiger partial charge in [0.2, 0.25) is 0 Å². The predicted octanol–water partition coefficient (Wildman–Crippen LogP) is 7.36. The Morgan fingerprint density at radius 1 is 0.889 bits per heavy atom. The second-order valence-corrected chi connectivity index (χ2v) is 11.4. The molecule has 4 rings (SSSR count). The number of rotatable bonds is 10. The van der Waals surface area contributed by atoms with Crippen LogP contribution in [-0.4, -0.2) is 43.4 Å². The van der Waals surface area contributed by atoms with Gasteiger partial charge >= 0.3 is 0 Å². The van der Waals surface area contributed by atoms with Gasteiger partial charge in [-0.1, -0.05) is 82.3 Å². The third kappa shape index (κ3) is 6.47. The van der Waals surface area contributed by atoms with Crippen molar-refractivity contribution >= 4 is 12.2 Å². The topological polar surface area (TPSA) is 36.9 Å². The first-order chi connectivity index (χ1) is 17.1. The zero-order valence-electron chi connectivity index (χ0n) is 23.1. The van der Waals surface area contributed by atoms with Crippen molar-refractivity contribution in [2.24, 2.45) is 0 Å². The smallest absolute Gasteiger partial charge is 0.164 e. The van der Waals surface area contributed by atoms with Crippen molar-refractivity contribution in [2.75, 3.05) is 13.2 Å². The maximum absolute atomic E-state index is 6.04. The fourth-order valence-corrected chi connectivity index (χ4v) is 5.39. The van der Waals surface area contributed by atoms with Crippen LogP contribution in [0, 0.1) is 0 Å². The minimum Gasteiger partial charge on any atom is -0.379 e. The molecule has 2 aliphatic heterocycles. The third-order valence-corrected chi connectivity index (χ3v) is 7.26. The summed E-state index contributed by atoms with van der Waals surface area (Å²) < 4.78 is 24.0. The van der Waals surface area contributed by atoms with Crippen LogP contribution >= 0.6 is 0 Å². The molecule has 2 fully saturated rings. The summed E-state index contributed by atoms with van der Waals surface area (Å²) in [6.45, 7) is 16.3. The van der Waals surface area contributed by atoms with Gasteiger partial charge in [-0.05, 0) is 73.3 Å². The zero-order valence-corrected chi connectivity index (χ0v) is 23.1. The van der Waals surface area contributed by atoms with Crippen LogP contribution in [0.25, 0.3) is 12.2 Å². The van der Waals surface area contributed by atoms with Gasteiger partial charge in [0.25, 0.3) is 0 Å². The second kappa shape index (κ2) is 11.6. The third-order valence-electron chi connectivity index (χ3n) is 7.26. The number of fused-ring (bicyclic) bond motifs is 1. The maximum Gasteiger partial charge on any atom is 0.164 e. The number of hydrogen-bond acceptors (Lipinski definition) is 4. The summed E-state index contributed by atoms with van der Waals surface area (Å²) >= 11 is 0. The van der Waals surface area contributed by atoms with Crippen molar-refractivity contribution in [1.29, 1.82) is 0 Å². The Morgan fingerprint density at radius 3 is 2.17 bits per heavy atom. The average molecular weight is 493 g/mol. The van der Waals surface area contributed by atoms with E-state index in [4.69, 9.17) is 18.9 Å². The molecule has 0 aromatic heterocycles. The van der Waals surface area contributed by atoms with Gasteiger partial charge in [-0.25, -0.2) is 0 Å². The molecule has 196 valence electrons. The molecule has 0 N–H and O–H groups in total. The molecule has 0 amide bonds. The van der Waals surface area contributed by atoms with E-state index in [1.54, 1.807) is 0 Å².